The first-order valence-corrected chi connectivity index (χ1v) is 7.72. The van der Waals surface area contributed by atoms with Crippen LogP contribution in [0, 0.1) is 3.57 Å². The molecule has 1 rings (SSSR count). The van der Waals surface area contributed by atoms with Gasteiger partial charge in [0.1, 0.15) is 12.4 Å². The second kappa shape index (κ2) is 8.55. The zero-order valence-electron chi connectivity index (χ0n) is 12.8. The molecule has 21 heavy (non-hydrogen) atoms. The summed E-state index contributed by atoms with van der Waals surface area (Å²) in [5, 5.41) is 2.84. The molecule has 1 aromatic carbocycles. The molecule has 118 valence electrons. The van der Waals surface area contributed by atoms with Crippen LogP contribution in [0.1, 0.15) is 32.4 Å². The Labute approximate surface area is 139 Å². The molecule has 1 N–H and O–H groups in total. The van der Waals surface area contributed by atoms with E-state index >= 15 is 0 Å². The molecular formula is C15H22INO4. The highest BCUT2D eigenvalue weighted by Gasteiger charge is 2.21. The van der Waals surface area contributed by atoms with Gasteiger partial charge in [-0.05, 0) is 55.0 Å². The fourth-order valence-electron chi connectivity index (χ4n) is 1.67. The molecule has 0 unspecified atom stereocenters. The summed E-state index contributed by atoms with van der Waals surface area (Å²) in [6, 6.07) is 7.53. The Morgan fingerprint density at radius 1 is 1.33 bits per heavy atom. The third-order valence-electron chi connectivity index (χ3n) is 2.46. The number of alkyl carbamates (subject to hydrolysis) is 1. The number of carbonyl (C=O) groups excluding carboxylic acids is 1. The van der Waals surface area contributed by atoms with Crippen molar-refractivity contribution in [3.05, 3.63) is 33.4 Å². The lowest BCUT2D eigenvalue weighted by atomic mass is 10.1. The molecule has 0 saturated heterocycles. The minimum Gasteiger partial charge on any atom is -0.444 e. The number of nitrogens with one attached hydrogen (secondary N) is 1. The minimum atomic E-state index is -0.536. The van der Waals surface area contributed by atoms with Crippen molar-refractivity contribution >= 4 is 28.7 Å². The largest absolute Gasteiger partial charge is 0.444 e. The highest BCUT2D eigenvalue weighted by atomic mass is 127. The van der Waals surface area contributed by atoms with Gasteiger partial charge in [-0.2, -0.15) is 0 Å². The molecule has 0 heterocycles. The predicted molar refractivity (Wildman–Crippen MR) is 89.1 cm³/mol. The van der Waals surface area contributed by atoms with Crippen LogP contribution in [0.2, 0.25) is 0 Å². The Bertz CT molecular complexity index is 459. The van der Waals surface area contributed by atoms with Crippen LogP contribution in [0.5, 0.6) is 0 Å². The summed E-state index contributed by atoms with van der Waals surface area (Å²) in [6.45, 7) is 5.98. The third kappa shape index (κ3) is 7.10. The van der Waals surface area contributed by atoms with E-state index in [1.54, 1.807) is 7.11 Å². The van der Waals surface area contributed by atoms with Gasteiger partial charge in [0.05, 0.1) is 12.6 Å². The summed E-state index contributed by atoms with van der Waals surface area (Å²) in [7, 11) is 1.56. The highest BCUT2D eigenvalue weighted by molar-refractivity contribution is 14.1. The van der Waals surface area contributed by atoms with Crippen LogP contribution in [0.15, 0.2) is 24.3 Å². The van der Waals surface area contributed by atoms with Gasteiger partial charge in [0, 0.05) is 10.7 Å². The van der Waals surface area contributed by atoms with Gasteiger partial charge in [0.15, 0.2) is 0 Å². The first kappa shape index (κ1) is 18.2. The molecule has 0 aliphatic heterocycles. The van der Waals surface area contributed by atoms with Gasteiger partial charge in [0.2, 0.25) is 0 Å². The van der Waals surface area contributed by atoms with Crippen LogP contribution in [-0.4, -0.2) is 32.2 Å². The molecule has 5 nitrogen and oxygen atoms in total. The average Bonchev–Trinajstić information content (AvgIpc) is 2.36. The summed E-state index contributed by atoms with van der Waals surface area (Å²) >= 11 is 2.23. The Hall–Kier alpha value is -0.860. The highest BCUT2D eigenvalue weighted by Crippen LogP contribution is 2.21. The molecule has 6 heteroatoms. The second-order valence-corrected chi connectivity index (χ2v) is 6.66. The Kier molecular flexibility index (Phi) is 7.41. The lowest BCUT2D eigenvalue weighted by Gasteiger charge is -2.24. The van der Waals surface area contributed by atoms with E-state index in [0.29, 0.717) is 6.61 Å². The molecule has 0 saturated carbocycles. The lowest BCUT2D eigenvalue weighted by Crippen LogP contribution is -2.37. The Morgan fingerprint density at radius 3 is 2.57 bits per heavy atom. The van der Waals surface area contributed by atoms with E-state index in [1.807, 2.05) is 45.0 Å². The van der Waals surface area contributed by atoms with Gasteiger partial charge in [0.25, 0.3) is 0 Å². The van der Waals surface area contributed by atoms with E-state index < -0.39 is 11.7 Å². The predicted octanol–water partition coefficient (Wildman–Crippen LogP) is 3.48. The fraction of sp³-hybridized carbons (Fsp3) is 0.533. The number of amides is 1. The molecule has 0 bridgehead atoms. The number of rotatable bonds is 6. The maximum absolute atomic E-state index is 12.0. The maximum atomic E-state index is 12.0. The number of hydrogen-bond donors (Lipinski definition) is 1. The molecule has 1 atom stereocenters. The van der Waals surface area contributed by atoms with Crippen molar-refractivity contribution in [1.82, 2.24) is 5.32 Å². The van der Waals surface area contributed by atoms with Gasteiger partial charge in [-0.3, -0.25) is 0 Å². The van der Waals surface area contributed by atoms with Crippen LogP contribution in [0.4, 0.5) is 4.79 Å². The minimum absolute atomic E-state index is 0.176. The Balaban J connectivity index is 2.78. The lowest BCUT2D eigenvalue weighted by molar-refractivity contribution is -0.0392. The molecule has 0 aliphatic carbocycles. The standard InChI is InChI=1S/C15H22INO4/c1-15(2,3)21-14(18)17-13(9-20-10-19-4)11-7-5-6-8-12(11)16/h5-8,13H,9-10H2,1-4H3,(H,17,18)/t13-/m0/s1. The average molecular weight is 407 g/mol. The number of hydrogen-bond acceptors (Lipinski definition) is 4. The number of ether oxygens (including phenoxy) is 3. The molecule has 0 radical (unpaired) electrons. The van der Waals surface area contributed by atoms with Crippen LogP contribution < -0.4 is 5.32 Å². The van der Waals surface area contributed by atoms with Crippen molar-refractivity contribution in [1.29, 1.82) is 0 Å². The van der Waals surface area contributed by atoms with E-state index in [2.05, 4.69) is 27.9 Å². The van der Waals surface area contributed by atoms with Crippen LogP contribution in [0.3, 0.4) is 0 Å². The number of carbonyl (C=O) groups is 1. The smallest absolute Gasteiger partial charge is 0.408 e. The zero-order chi connectivity index (χ0) is 15.9. The first-order valence-electron chi connectivity index (χ1n) is 6.64. The van der Waals surface area contributed by atoms with Crippen LogP contribution >= 0.6 is 22.6 Å². The zero-order valence-corrected chi connectivity index (χ0v) is 15.0. The van der Waals surface area contributed by atoms with Gasteiger partial charge in [-0.1, -0.05) is 18.2 Å². The summed E-state index contributed by atoms with van der Waals surface area (Å²) in [6.07, 6.45) is -0.465. The Morgan fingerprint density at radius 2 is 2.00 bits per heavy atom. The molecule has 0 aliphatic rings. The quantitative estimate of drug-likeness (QED) is 0.446. The molecule has 1 amide bonds. The van der Waals surface area contributed by atoms with Gasteiger partial charge in [-0.25, -0.2) is 4.79 Å². The summed E-state index contributed by atoms with van der Waals surface area (Å²) in [5.41, 5.74) is 0.450. The van der Waals surface area contributed by atoms with Crippen molar-refractivity contribution in [2.45, 2.75) is 32.4 Å². The van der Waals surface area contributed by atoms with Gasteiger partial charge in [-0.15, -0.1) is 0 Å². The van der Waals surface area contributed by atoms with Gasteiger partial charge < -0.3 is 19.5 Å². The maximum Gasteiger partial charge on any atom is 0.408 e. The van der Waals surface area contributed by atoms with Crippen molar-refractivity contribution in [3.63, 3.8) is 0 Å². The topological polar surface area (TPSA) is 56.8 Å². The van der Waals surface area contributed by atoms with Crippen molar-refractivity contribution in [3.8, 4) is 0 Å². The third-order valence-corrected chi connectivity index (χ3v) is 3.44. The summed E-state index contributed by atoms with van der Waals surface area (Å²) in [5.74, 6) is 0. The molecule has 1 aromatic rings. The van der Waals surface area contributed by atoms with Crippen molar-refractivity contribution in [2.75, 3.05) is 20.5 Å². The van der Waals surface area contributed by atoms with Crippen molar-refractivity contribution in [2.24, 2.45) is 0 Å². The van der Waals surface area contributed by atoms with Crippen LogP contribution in [0.25, 0.3) is 0 Å². The molecule has 0 fully saturated rings. The monoisotopic (exact) mass is 407 g/mol. The summed E-state index contributed by atoms with van der Waals surface area (Å²) < 4.78 is 16.6. The van der Waals surface area contributed by atoms with E-state index in [1.165, 1.54) is 0 Å². The summed E-state index contributed by atoms with van der Waals surface area (Å²) in [4.78, 5) is 12.0. The second-order valence-electron chi connectivity index (χ2n) is 5.50. The van der Waals surface area contributed by atoms with E-state index in [9.17, 15) is 4.79 Å². The normalized spacial score (nSPS) is 12.8. The SMILES string of the molecule is COCOC[C@H](NC(=O)OC(C)(C)C)c1ccccc1I. The van der Waals surface area contributed by atoms with E-state index in [4.69, 9.17) is 14.2 Å². The van der Waals surface area contributed by atoms with Gasteiger partial charge >= 0.3 is 6.09 Å². The molecule has 0 spiro atoms. The number of methoxy groups -OCH3 is 1. The number of halogens is 1. The van der Waals surface area contributed by atoms with Crippen molar-refractivity contribution < 1.29 is 19.0 Å². The fourth-order valence-corrected chi connectivity index (χ4v) is 2.43. The molecular weight excluding hydrogens is 385 g/mol. The number of benzene rings is 1. The van der Waals surface area contributed by atoms with E-state index in [-0.39, 0.29) is 12.8 Å². The van der Waals surface area contributed by atoms with E-state index in [0.717, 1.165) is 9.13 Å². The first-order chi connectivity index (χ1) is 9.83. The molecule has 0 aromatic heterocycles. The van der Waals surface area contributed by atoms with Crippen LogP contribution in [-0.2, 0) is 14.2 Å².